The van der Waals surface area contributed by atoms with Crippen molar-refractivity contribution in [1.82, 2.24) is 10.3 Å². The fourth-order valence-corrected chi connectivity index (χ4v) is 1.16. The monoisotopic (exact) mass is 261 g/mol. The Morgan fingerprint density at radius 1 is 1.39 bits per heavy atom. The molecule has 0 saturated carbocycles. The van der Waals surface area contributed by atoms with Crippen LogP contribution in [-0.2, 0) is 11.0 Å². The Morgan fingerprint density at radius 2 is 2.11 bits per heavy atom. The smallest absolute Gasteiger partial charge is 0.361 e. The maximum absolute atomic E-state index is 12.2. The molecular formula is C11H14F3N3O. The lowest BCUT2D eigenvalue weighted by molar-refractivity contribution is -0.137. The topological polar surface area (TPSA) is 54.0 Å². The fraction of sp³-hybridized carbons (Fsp3) is 0.455. The first kappa shape index (κ1) is 14.3. The van der Waals surface area contributed by atoms with E-state index in [9.17, 15) is 18.0 Å². The highest BCUT2D eigenvalue weighted by Gasteiger charge is 2.30. The number of carbonyl (C=O) groups excluding carboxylic acids is 1. The van der Waals surface area contributed by atoms with Crippen LogP contribution in [0, 0.1) is 0 Å². The molecule has 18 heavy (non-hydrogen) atoms. The van der Waals surface area contributed by atoms with Gasteiger partial charge in [-0.15, -0.1) is 0 Å². The maximum atomic E-state index is 12.2. The summed E-state index contributed by atoms with van der Waals surface area (Å²) in [4.78, 5) is 14.8. The van der Waals surface area contributed by atoms with Crippen LogP contribution >= 0.6 is 0 Å². The molecular weight excluding hydrogens is 247 g/mol. The van der Waals surface area contributed by atoms with E-state index in [1.807, 2.05) is 6.92 Å². The molecule has 0 radical (unpaired) electrons. The van der Waals surface area contributed by atoms with Gasteiger partial charge in [0.15, 0.2) is 0 Å². The van der Waals surface area contributed by atoms with Crippen molar-refractivity contribution < 1.29 is 18.0 Å². The minimum atomic E-state index is -4.40. The summed E-state index contributed by atoms with van der Waals surface area (Å²) in [5.74, 6) is 0.00759. The first-order valence-electron chi connectivity index (χ1n) is 5.47. The van der Waals surface area contributed by atoms with E-state index >= 15 is 0 Å². The second-order valence-corrected chi connectivity index (χ2v) is 3.63. The molecule has 100 valence electrons. The van der Waals surface area contributed by atoms with E-state index in [1.165, 1.54) is 6.07 Å². The number of nitrogens with one attached hydrogen (secondary N) is 2. The molecule has 1 aromatic heterocycles. The number of rotatable bonds is 5. The van der Waals surface area contributed by atoms with Crippen LogP contribution in [0.1, 0.15) is 18.9 Å². The number of nitrogens with zero attached hydrogens (tertiary/aromatic N) is 1. The Hall–Kier alpha value is -1.79. The average molecular weight is 261 g/mol. The van der Waals surface area contributed by atoms with Crippen LogP contribution < -0.4 is 10.6 Å². The van der Waals surface area contributed by atoms with Crippen LogP contribution in [0.15, 0.2) is 18.3 Å². The second kappa shape index (κ2) is 6.23. The normalized spacial score (nSPS) is 11.1. The first-order valence-corrected chi connectivity index (χ1v) is 5.47. The molecule has 0 aliphatic rings. The number of carbonyl (C=O) groups is 1. The molecule has 4 nitrogen and oxygen atoms in total. The van der Waals surface area contributed by atoms with Crippen LogP contribution in [0.25, 0.3) is 0 Å². The summed E-state index contributed by atoms with van der Waals surface area (Å²) in [6, 6.07) is 2.11. The van der Waals surface area contributed by atoms with Crippen molar-refractivity contribution in [2.24, 2.45) is 0 Å². The van der Waals surface area contributed by atoms with E-state index in [0.717, 1.165) is 18.7 Å². The molecule has 0 unspecified atom stereocenters. The number of hydrogen-bond donors (Lipinski definition) is 2. The average Bonchev–Trinajstić information content (AvgIpc) is 2.33. The predicted octanol–water partition coefficient (Wildman–Crippen LogP) is 2.04. The molecule has 0 atom stereocenters. The minimum Gasteiger partial charge on any atom is -0.361 e. The Kier molecular flexibility index (Phi) is 4.94. The number of amides is 1. The van der Waals surface area contributed by atoms with Crippen LogP contribution in [0.5, 0.6) is 0 Å². The molecule has 0 bridgehead atoms. The number of alkyl halides is 3. The summed E-state index contributed by atoms with van der Waals surface area (Å²) in [5.41, 5.74) is -0.816. The van der Waals surface area contributed by atoms with Gasteiger partial charge in [0.2, 0.25) is 5.91 Å². The first-order chi connectivity index (χ1) is 8.43. The zero-order valence-electron chi connectivity index (χ0n) is 9.84. The number of pyridine rings is 1. The molecule has 0 spiro atoms. The van der Waals surface area contributed by atoms with E-state index < -0.39 is 11.7 Å². The third kappa shape index (κ3) is 4.60. The largest absolute Gasteiger partial charge is 0.417 e. The van der Waals surface area contributed by atoms with Crippen molar-refractivity contribution in [3.63, 3.8) is 0 Å². The summed E-state index contributed by atoms with van der Waals surface area (Å²) in [6.07, 6.45) is -2.85. The van der Waals surface area contributed by atoms with E-state index in [4.69, 9.17) is 0 Å². The third-order valence-corrected chi connectivity index (χ3v) is 2.09. The molecule has 0 aliphatic heterocycles. The summed E-state index contributed by atoms with van der Waals surface area (Å²) >= 11 is 0. The van der Waals surface area contributed by atoms with Gasteiger partial charge in [-0.2, -0.15) is 13.2 Å². The maximum Gasteiger partial charge on any atom is 0.417 e. The van der Waals surface area contributed by atoms with E-state index in [0.29, 0.717) is 6.54 Å². The van der Waals surface area contributed by atoms with Crippen molar-refractivity contribution in [1.29, 1.82) is 0 Å². The van der Waals surface area contributed by atoms with Gasteiger partial charge >= 0.3 is 6.18 Å². The number of halogens is 3. The van der Waals surface area contributed by atoms with E-state index in [2.05, 4.69) is 15.6 Å². The third-order valence-electron chi connectivity index (χ3n) is 2.09. The van der Waals surface area contributed by atoms with Gasteiger partial charge in [0, 0.05) is 12.7 Å². The van der Waals surface area contributed by atoms with Crippen LogP contribution in [-0.4, -0.2) is 24.0 Å². The van der Waals surface area contributed by atoms with Crippen molar-refractivity contribution in [3.8, 4) is 0 Å². The van der Waals surface area contributed by atoms with Crippen LogP contribution in [0.3, 0.4) is 0 Å². The molecule has 2 N–H and O–H groups in total. The lowest BCUT2D eigenvalue weighted by Gasteiger charge is -2.08. The quantitative estimate of drug-likeness (QED) is 0.852. The lowest BCUT2D eigenvalue weighted by Crippen LogP contribution is -2.30. The highest BCUT2D eigenvalue weighted by molar-refractivity contribution is 5.80. The lowest BCUT2D eigenvalue weighted by atomic mass is 10.3. The summed E-state index contributed by atoms with van der Waals surface area (Å²) in [6.45, 7) is 2.48. The summed E-state index contributed by atoms with van der Waals surface area (Å²) in [5, 5.41) is 5.27. The summed E-state index contributed by atoms with van der Waals surface area (Å²) < 4.78 is 36.7. The highest BCUT2D eigenvalue weighted by Crippen LogP contribution is 2.28. The molecule has 0 saturated heterocycles. The standard InChI is InChI=1S/C11H14F3N3O/c1-2-5-15-10(18)7-17-9-4-3-8(6-16-9)11(12,13)14/h3-4,6H,2,5,7H2,1H3,(H,15,18)(H,16,17). The van der Waals surface area contributed by atoms with Gasteiger partial charge in [0.05, 0.1) is 12.1 Å². The van der Waals surface area contributed by atoms with Gasteiger partial charge in [-0.25, -0.2) is 4.98 Å². The highest BCUT2D eigenvalue weighted by atomic mass is 19.4. The fourth-order valence-electron chi connectivity index (χ4n) is 1.16. The van der Waals surface area contributed by atoms with E-state index in [1.54, 1.807) is 0 Å². The van der Waals surface area contributed by atoms with Crippen molar-refractivity contribution in [2.75, 3.05) is 18.4 Å². The van der Waals surface area contributed by atoms with E-state index in [-0.39, 0.29) is 18.3 Å². The number of anilines is 1. The van der Waals surface area contributed by atoms with Gasteiger partial charge in [-0.05, 0) is 18.6 Å². The molecule has 1 amide bonds. The second-order valence-electron chi connectivity index (χ2n) is 3.63. The Balaban J connectivity index is 2.47. The van der Waals surface area contributed by atoms with Crippen LogP contribution in [0.4, 0.5) is 19.0 Å². The Bertz CT molecular complexity index is 390. The van der Waals surface area contributed by atoms with Gasteiger partial charge < -0.3 is 10.6 Å². The molecule has 0 fully saturated rings. The van der Waals surface area contributed by atoms with Crippen LogP contribution in [0.2, 0.25) is 0 Å². The van der Waals surface area contributed by atoms with Gasteiger partial charge in [0.1, 0.15) is 5.82 Å². The zero-order valence-corrected chi connectivity index (χ0v) is 9.84. The molecule has 7 heteroatoms. The molecule has 1 rings (SSSR count). The van der Waals surface area contributed by atoms with Gasteiger partial charge in [-0.3, -0.25) is 4.79 Å². The predicted molar refractivity (Wildman–Crippen MR) is 61.0 cm³/mol. The minimum absolute atomic E-state index is 0.0155. The Morgan fingerprint density at radius 3 is 2.61 bits per heavy atom. The van der Waals surface area contributed by atoms with Crippen molar-refractivity contribution in [2.45, 2.75) is 19.5 Å². The molecule has 1 aromatic rings. The van der Waals surface area contributed by atoms with Gasteiger partial charge in [-0.1, -0.05) is 6.92 Å². The van der Waals surface area contributed by atoms with Crippen molar-refractivity contribution >= 4 is 11.7 Å². The molecule has 0 aliphatic carbocycles. The summed E-state index contributed by atoms with van der Waals surface area (Å²) in [7, 11) is 0. The zero-order chi connectivity index (χ0) is 13.6. The Labute approximate surface area is 103 Å². The van der Waals surface area contributed by atoms with Crippen molar-refractivity contribution in [3.05, 3.63) is 23.9 Å². The molecule has 1 heterocycles. The molecule has 0 aromatic carbocycles. The SMILES string of the molecule is CCCNC(=O)CNc1ccc(C(F)(F)F)cn1. The number of aromatic nitrogens is 1. The van der Waals surface area contributed by atoms with Gasteiger partial charge in [0.25, 0.3) is 0 Å². The number of hydrogen-bond acceptors (Lipinski definition) is 3.